The standard InChI is InChI=1S/C32H45NO7/c1-4-6-8-10-11-12-13-15-23-38-31(34)26-17-20-28(21-18-26)40-32(35)27-19-22-30(29(24-27)33(36)37)39-25(3)16-14-9-7-5-2/h17-22,24-25H,4-16,23H2,1-3H3. The highest BCUT2D eigenvalue weighted by Gasteiger charge is 2.21. The van der Waals surface area contributed by atoms with Crippen LogP contribution in [0.25, 0.3) is 0 Å². The minimum absolute atomic E-state index is 0.0310. The van der Waals surface area contributed by atoms with Crippen molar-refractivity contribution in [3.63, 3.8) is 0 Å². The molecule has 2 aromatic rings. The third-order valence-corrected chi connectivity index (χ3v) is 6.72. The summed E-state index contributed by atoms with van der Waals surface area (Å²) < 4.78 is 16.5. The van der Waals surface area contributed by atoms with Crippen molar-refractivity contribution in [1.82, 2.24) is 0 Å². The molecule has 0 aliphatic carbocycles. The van der Waals surface area contributed by atoms with Crippen LogP contribution in [-0.4, -0.2) is 29.6 Å². The molecule has 2 aromatic carbocycles. The highest BCUT2D eigenvalue weighted by Crippen LogP contribution is 2.30. The number of carbonyl (C=O) groups is 2. The van der Waals surface area contributed by atoms with Crippen LogP contribution in [-0.2, 0) is 4.74 Å². The molecular weight excluding hydrogens is 510 g/mol. The maximum Gasteiger partial charge on any atom is 0.343 e. The van der Waals surface area contributed by atoms with Gasteiger partial charge in [-0.15, -0.1) is 0 Å². The minimum Gasteiger partial charge on any atom is -0.484 e. The predicted molar refractivity (Wildman–Crippen MR) is 156 cm³/mol. The Bertz CT molecular complexity index is 1050. The Morgan fingerprint density at radius 1 is 0.775 bits per heavy atom. The van der Waals surface area contributed by atoms with Gasteiger partial charge in [-0.25, -0.2) is 9.59 Å². The fourth-order valence-electron chi connectivity index (χ4n) is 4.33. The molecule has 0 N–H and O–H groups in total. The molecule has 1 atom stereocenters. The summed E-state index contributed by atoms with van der Waals surface area (Å²) in [5.41, 5.74) is 0.105. The van der Waals surface area contributed by atoms with Gasteiger partial charge in [-0.1, -0.05) is 78.1 Å². The first-order valence-electron chi connectivity index (χ1n) is 14.8. The van der Waals surface area contributed by atoms with Crippen LogP contribution in [0.4, 0.5) is 5.69 Å². The van der Waals surface area contributed by atoms with E-state index < -0.39 is 16.9 Å². The second-order valence-electron chi connectivity index (χ2n) is 10.2. The van der Waals surface area contributed by atoms with Crippen molar-refractivity contribution in [2.24, 2.45) is 0 Å². The highest BCUT2D eigenvalue weighted by atomic mass is 16.6. The van der Waals surface area contributed by atoms with Gasteiger partial charge in [-0.3, -0.25) is 10.1 Å². The lowest BCUT2D eigenvalue weighted by atomic mass is 10.1. The maximum absolute atomic E-state index is 12.7. The number of hydrogen-bond donors (Lipinski definition) is 0. The summed E-state index contributed by atoms with van der Waals surface area (Å²) in [5, 5.41) is 11.6. The first-order chi connectivity index (χ1) is 19.3. The Kier molecular flexibility index (Phi) is 15.4. The maximum atomic E-state index is 12.7. The van der Waals surface area contributed by atoms with E-state index in [4.69, 9.17) is 14.2 Å². The van der Waals surface area contributed by atoms with Gasteiger partial charge < -0.3 is 14.2 Å². The third kappa shape index (κ3) is 12.2. The molecule has 40 heavy (non-hydrogen) atoms. The second-order valence-corrected chi connectivity index (χ2v) is 10.2. The van der Waals surface area contributed by atoms with Crippen LogP contribution in [0.15, 0.2) is 42.5 Å². The highest BCUT2D eigenvalue weighted by molar-refractivity contribution is 5.93. The van der Waals surface area contributed by atoms with Gasteiger partial charge in [0.2, 0.25) is 0 Å². The molecule has 0 spiro atoms. The molecule has 0 amide bonds. The summed E-state index contributed by atoms with van der Waals surface area (Å²) in [7, 11) is 0. The SMILES string of the molecule is CCCCCCCCCCOC(=O)c1ccc(OC(=O)c2ccc(OC(C)CCCCCC)c([N+](=O)[O-])c2)cc1. The molecule has 8 heteroatoms. The van der Waals surface area contributed by atoms with Gasteiger partial charge in [0.1, 0.15) is 5.75 Å². The summed E-state index contributed by atoms with van der Waals surface area (Å²) >= 11 is 0. The van der Waals surface area contributed by atoms with E-state index >= 15 is 0 Å². The minimum atomic E-state index is -0.743. The Morgan fingerprint density at radius 2 is 1.35 bits per heavy atom. The van der Waals surface area contributed by atoms with Gasteiger partial charge in [-0.05, 0) is 62.6 Å². The summed E-state index contributed by atoms with van der Waals surface area (Å²) in [5.74, 6) is -0.827. The fraction of sp³-hybridized carbons (Fsp3) is 0.562. The zero-order chi connectivity index (χ0) is 29.2. The number of esters is 2. The molecule has 1 unspecified atom stereocenters. The molecule has 0 aliphatic heterocycles. The molecule has 8 nitrogen and oxygen atoms in total. The number of carbonyl (C=O) groups excluding carboxylic acids is 2. The van der Waals surface area contributed by atoms with Crippen LogP contribution in [0.1, 0.15) is 125 Å². The van der Waals surface area contributed by atoms with E-state index in [2.05, 4.69) is 13.8 Å². The first kappa shape index (κ1) is 32.8. The molecule has 0 aliphatic rings. The van der Waals surface area contributed by atoms with Crippen molar-refractivity contribution in [2.75, 3.05) is 6.61 Å². The molecule has 0 fully saturated rings. The number of hydrogen-bond acceptors (Lipinski definition) is 7. The number of nitro groups is 1. The molecule has 0 radical (unpaired) electrons. The average molecular weight is 556 g/mol. The molecule has 0 bridgehead atoms. The number of nitrogens with zero attached hydrogens (tertiary/aromatic N) is 1. The second kappa shape index (κ2) is 18.8. The summed E-state index contributed by atoms with van der Waals surface area (Å²) in [6.45, 7) is 6.60. The van der Waals surface area contributed by atoms with E-state index in [-0.39, 0.29) is 28.9 Å². The van der Waals surface area contributed by atoms with Crippen molar-refractivity contribution >= 4 is 17.6 Å². The van der Waals surface area contributed by atoms with E-state index in [0.717, 1.165) is 51.4 Å². The monoisotopic (exact) mass is 555 g/mol. The number of unbranched alkanes of at least 4 members (excludes halogenated alkanes) is 10. The van der Waals surface area contributed by atoms with E-state index in [1.807, 2.05) is 6.92 Å². The third-order valence-electron chi connectivity index (χ3n) is 6.72. The van der Waals surface area contributed by atoms with Crippen molar-refractivity contribution in [1.29, 1.82) is 0 Å². The van der Waals surface area contributed by atoms with E-state index in [0.29, 0.717) is 12.2 Å². The van der Waals surface area contributed by atoms with Gasteiger partial charge in [0.25, 0.3) is 0 Å². The van der Waals surface area contributed by atoms with Crippen molar-refractivity contribution in [3.05, 3.63) is 63.7 Å². The largest absolute Gasteiger partial charge is 0.484 e. The zero-order valence-corrected chi connectivity index (χ0v) is 24.3. The molecular formula is C32H45NO7. The normalized spacial score (nSPS) is 11.6. The van der Waals surface area contributed by atoms with Gasteiger partial charge in [0.15, 0.2) is 5.75 Å². The summed E-state index contributed by atoms with van der Waals surface area (Å²) in [4.78, 5) is 36.0. The lowest BCUT2D eigenvalue weighted by Gasteiger charge is -2.15. The van der Waals surface area contributed by atoms with Gasteiger partial charge in [-0.2, -0.15) is 0 Å². The Labute approximate surface area is 238 Å². The van der Waals surface area contributed by atoms with Crippen LogP contribution in [0.3, 0.4) is 0 Å². The first-order valence-corrected chi connectivity index (χ1v) is 14.8. The van der Waals surface area contributed by atoms with E-state index in [1.165, 1.54) is 74.6 Å². The molecule has 0 saturated carbocycles. The topological polar surface area (TPSA) is 105 Å². The zero-order valence-electron chi connectivity index (χ0n) is 24.3. The lowest BCUT2D eigenvalue weighted by molar-refractivity contribution is -0.386. The van der Waals surface area contributed by atoms with Crippen LogP contribution in [0, 0.1) is 10.1 Å². The van der Waals surface area contributed by atoms with Crippen molar-refractivity contribution < 1.29 is 28.7 Å². The van der Waals surface area contributed by atoms with Crippen molar-refractivity contribution in [2.45, 2.75) is 110 Å². The van der Waals surface area contributed by atoms with E-state index in [9.17, 15) is 19.7 Å². The van der Waals surface area contributed by atoms with Gasteiger partial charge >= 0.3 is 17.6 Å². The number of ether oxygens (including phenoxy) is 3. The number of benzene rings is 2. The van der Waals surface area contributed by atoms with Crippen LogP contribution >= 0.6 is 0 Å². The van der Waals surface area contributed by atoms with Crippen molar-refractivity contribution in [3.8, 4) is 11.5 Å². The Balaban J connectivity index is 1.84. The number of nitro benzene ring substituents is 1. The lowest BCUT2D eigenvalue weighted by Crippen LogP contribution is -2.14. The molecule has 2 rings (SSSR count). The molecule has 220 valence electrons. The van der Waals surface area contributed by atoms with E-state index in [1.54, 1.807) is 0 Å². The van der Waals surface area contributed by atoms with Crippen LogP contribution < -0.4 is 9.47 Å². The summed E-state index contributed by atoms with van der Waals surface area (Å²) in [6, 6.07) is 10.1. The Morgan fingerprint density at radius 3 is 1.98 bits per heavy atom. The Hall–Kier alpha value is -3.42. The predicted octanol–water partition coefficient (Wildman–Crippen LogP) is 8.85. The quantitative estimate of drug-likeness (QED) is 0.0528. The van der Waals surface area contributed by atoms with Gasteiger partial charge in [0, 0.05) is 6.07 Å². The fourth-order valence-corrected chi connectivity index (χ4v) is 4.33. The summed E-state index contributed by atoms with van der Waals surface area (Å²) in [6.07, 6.45) is 14.3. The molecule has 0 heterocycles. The van der Waals surface area contributed by atoms with Crippen LogP contribution in [0.5, 0.6) is 11.5 Å². The number of rotatable bonds is 20. The molecule has 0 saturated heterocycles. The smallest absolute Gasteiger partial charge is 0.343 e. The average Bonchev–Trinajstić information content (AvgIpc) is 2.94. The van der Waals surface area contributed by atoms with Gasteiger partial charge in [0.05, 0.1) is 28.8 Å². The van der Waals surface area contributed by atoms with Crippen LogP contribution in [0.2, 0.25) is 0 Å². The molecule has 0 aromatic heterocycles.